The van der Waals surface area contributed by atoms with Gasteiger partial charge in [0.05, 0.1) is 11.1 Å². The number of aromatic hydroxyl groups is 1. The van der Waals surface area contributed by atoms with Gasteiger partial charge in [0.25, 0.3) is 0 Å². The number of phenolic OH excluding ortho intramolecular Hbond substituents is 1. The highest BCUT2D eigenvalue weighted by molar-refractivity contribution is 9.10. The second-order valence-corrected chi connectivity index (χ2v) is 4.75. The van der Waals surface area contributed by atoms with Crippen molar-refractivity contribution >= 4 is 15.9 Å². The molecular weight excluding hydrogens is 258 g/mol. The van der Waals surface area contributed by atoms with Crippen molar-refractivity contribution in [2.75, 3.05) is 6.61 Å². The zero-order chi connectivity index (χ0) is 11.1. The fraction of sp³-hybridized carbons (Fsp3) is 0.455. The molecule has 0 aliphatic heterocycles. The fourth-order valence-electron chi connectivity index (χ4n) is 1.55. The van der Waals surface area contributed by atoms with Gasteiger partial charge in [-0.05, 0) is 53.4 Å². The Morgan fingerprint density at radius 2 is 2.20 bits per heavy atom. The molecule has 4 heteroatoms. The summed E-state index contributed by atoms with van der Waals surface area (Å²) >= 11 is 3.30. The summed E-state index contributed by atoms with van der Waals surface area (Å²) in [5, 5.41) is 9.73. The zero-order valence-electron chi connectivity index (χ0n) is 8.59. The summed E-state index contributed by atoms with van der Waals surface area (Å²) in [6, 6.07) is 3.70. The number of phenols is 1. The molecule has 15 heavy (non-hydrogen) atoms. The number of hydrogen-bond acceptors (Lipinski definition) is 3. The Morgan fingerprint density at radius 1 is 1.53 bits per heavy atom. The van der Waals surface area contributed by atoms with Crippen LogP contribution in [-0.4, -0.2) is 11.7 Å². The highest BCUT2D eigenvalue weighted by atomic mass is 79.9. The van der Waals surface area contributed by atoms with E-state index in [1.54, 1.807) is 0 Å². The van der Waals surface area contributed by atoms with Gasteiger partial charge in [0.2, 0.25) is 0 Å². The molecule has 0 atom stereocenters. The lowest BCUT2D eigenvalue weighted by atomic mass is 10.1. The molecule has 0 heterocycles. The summed E-state index contributed by atoms with van der Waals surface area (Å²) < 4.78 is 5.98. The zero-order valence-corrected chi connectivity index (χ0v) is 10.2. The monoisotopic (exact) mass is 271 g/mol. The van der Waals surface area contributed by atoms with E-state index in [0.717, 1.165) is 18.4 Å². The van der Waals surface area contributed by atoms with E-state index in [4.69, 9.17) is 10.5 Å². The summed E-state index contributed by atoms with van der Waals surface area (Å²) in [5.74, 6) is 0.642. The smallest absolute Gasteiger partial charge is 0.172 e. The minimum absolute atomic E-state index is 0.143. The first-order chi connectivity index (χ1) is 7.07. The second kappa shape index (κ2) is 3.68. The molecule has 1 fully saturated rings. The van der Waals surface area contributed by atoms with Crippen LogP contribution in [0.2, 0.25) is 0 Å². The van der Waals surface area contributed by atoms with E-state index in [1.165, 1.54) is 0 Å². The number of halogens is 1. The summed E-state index contributed by atoms with van der Waals surface area (Å²) in [6.07, 6.45) is 1.99. The molecule has 0 bridgehead atoms. The Morgan fingerprint density at radius 3 is 2.73 bits per heavy atom. The molecule has 1 aromatic rings. The molecule has 3 N–H and O–H groups in total. The molecule has 0 radical (unpaired) electrons. The van der Waals surface area contributed by atoms with Gasteiger partial charge in [-0.1, -0.05) is 0 Å². The predicted octanol–water partition coefficient (Wildman–Crippen LogP) is 2.50. The lowest BCUT2D eigenvalue weighted by molar-refractivity contribution is 0.316. The fourth-order valence-corrected chi connectivity index (χ4v) is 1.99. The van der Waals surface area contributed by atoms with Gasteiger partial charge in [0.15, 0.2) is 11.5 Å². The lowest BCUT2D eigenvalue weighted by Gasteiger charge is -2.14. The molecule has 1 aliphatic rings. The van der Waals surface area contributed by atoms with Crippen molar-refractivity contribution in [3.63, 3.8) is 0 Å². The molecular formula is C11H14BrNO2. The van der Waals surface area contributed by atoms with Gasteiger partial charge in [-0.15, -0.1) is 0 Å². The first kappa shape index (κ1) is 10.8. The van der Waals surface area contributed by atoms with Gasteiger partial charge >= 0.3 is 0 Å². The summed E-state index contributed by atoms with van der Waals surface area (Å²) in [6.45, 7) is 2.41. The Labute approximate surface area is 97.4 Å². The van der Waals surface area contributed by atoms with Crippen molar-refractivity contribution in [1.82, 2.24) is 0 Å². The van der Waals surface area contributed by atoms with Crippen molar-refractivity contribution in [2.24, 2.45) is 5.73 Å². The van der Waals surface area contributed by atoms with Crippen LogP contribution in [0.25, 0.3) is 0 Å². The molecule has 3 nitrogen and oxygen atoms in total. The van der Waals surface area contributed by atoms with E-state index in [-0.39, 0.29) is 11.3 Å². The number of ether oxygens (including phenoxy) is 1. The standard InChI is InChI=1S/C11H14BrNO2/c1-2-15-9-6-7(11(13)3-4-11)5-8(12)10(9)14/h5-6,14H,2-4,13H2,1H3. The van der Waals surface area contributed by atoms with Gasteiger partial charge in [0, 0.05) is 5.54 Å². The van der Waals surface area contributed by atoms with Crippen LogP contribution in [0.5, 0.6) is 11.5 Å². The number of benzene rings is 1. The first-order valence-corrected chi connectivity index (χ1v) is 5.81. The molecule has 1 aliphatic carbocycles. The van der Waals surface area contributed by atoms with E-state index in [0.29, 0.717) is 16.8 Å². The lowest BCUT2D eigenvalue weighted by Crippen LogP contribution is -2.18. The summed E-state index contributed by atoms with van der Waals surface area (Å²) in [7, 11) is 0. The summed E-state index contributed by atoms with van der Waals surface area (Å²) in [4.78, 5) is 0. The van der Waals surface area contributed by atoms with Crippen molar-refractivity contribution in [2.45, 2.75) is 25.3 Å². The highest BCUT2D eigenvalue weighted by Gasteiger charge is 2.40. The topological polar surface area (TPSA) is 55.5 Å². The van der Waals surface area contributed by atoms with Gasteiger partial charge in [-0.2, -0.15) is 0 Å². The van der Waals surface area contributed by atoms with E-state index in [9.17, 15) is 5.11 Å². The van der Waals surface area contributed by atoms with Crippen LogP contribution in [0.3, 0.4) is 0 Å². The molecule has 0 amide bonds. The average molecular weight is 272 g/mol. The van der Waals surface area contributed by atoms with E-state index in [1.807, 2.05) is 19.1 Å². The van der Waals surface area contributed by atoms with Crippen LogP contribution in [0.15, 0.2) is 16.6 Å². The largest absolute Gasteiger partial charge is 0.503 e. The Kier molecular flexibility index (Phi) is 2.64. The van der Waals surface area contributed by atoms with E-state index < -0.39 is 0 Å². The molecule has 1 aromatic carbocycles. The molecule has 82 valence electrons. The van der Waals surface area contributed by atoms with Crippen LogP contribution >= 0.6 is 15.9 Å². The average Bonchev–Trinajstić information content (AvgIpc) is 2.93. The second-order valence-electron chi connectivity index (χ2n) is 3.89. The molecule has 0 aromatic heterocycles. The van der Waals surface area contributed by atoms with E-state index >= 15 is 0 Å². The van der Waals surface area contributed by atoms with Crippen LogP contribution < -0.4 is 10.5 Å². The van der Waals surface area contributed by atoms with Crippen molar-refractivity contribution in [3.8, 4) is 11.5 Å². The highest BCUT2D eigenvalue weighted by Crippen LogP contribution is 2.47. The van der Waals surface area contributed by atoms with Gasteiger partial charge in [-0.25, -0.2) is 0 Å². The Hall–Kier alpha value is -0.740. The molecule has 1 saturated carbocycles. The molecule has 2 rings (SSSR count). The Bertz CT molecular complexity index is 388. The van der Waals surface area contributed by atoms with Crippen LogP contribution in [0.1, 0.15) is 25.3 Å². The molecule has 0 unspecified atom stereocenters. The van der Waals surface area contributed by atoms with Crippen LogP contribution in [-0.2, 0) is 5.54 Å². The third-order valence-electron chi connectivity index (χ3n) is 2.69. The Balaban J connectivity index is 2.41. The maximum Gasteiger partial charge on any atom is 0.172 e. The molecule has 0 saturated heterocycles. The van der Waals surface area contributed by atoms with Crippen LogP contribution in [0, 0.1) is 0 Å². The van der Waals surface area contributed by atoms with Crippen molar-refractivity contribution in [3.05, 3.63) is 22.2 Å². The van der Waals surface area contributed by atoms with E-state index in [2.05, 4.69) is 15.9 Å². The SMILES string of the molecule is CCOc1cc(C2(N)CC2)cc(Br)c1O. The van der Waals surface area contributed by atoms with Crippen LogP contribution in [0.4, 0.5) is 0 Å². The van der Waals surface area contributed by atoms with Crippen molar-refractivity contribution in [1.29, 1.82) is 0 Å². The van der Waals surface area contributed by atoms with Crippen molar-refractivity contribution < 1.29 is 9.84 Å². The first-order valence-electron chi connectivity index (χ1n) is 5.01. The third kappa shape index (κ3) is 1.96. The maximum absolute atomic E-state index is 9.73. The minimum Gasteiger partial charge on any atom is -0.503 e. The number of nitrogens with two attached hydrogens (primary N) is 1. The predicted molar refractivity (Wildman–Crippen MR) is 62.1 cm³/mol. The quantitative estimate of drug-likeness (QED) is 0.888. The normalized spacial score (nSPS) is 17.5. The third-order valence-corrected chi connectivity index (χ3v) is 3.30. The maximum atomic E-state index is 9.73. The minimum atomic E-state index is -0.206. The number of rotatable bonds is 3. The van der Waals surface area contributed by atoms with Gasteiger partial charge in [0.1, 0.15) is 0 Å². The van der Waals surface area contributed by atoms with Gasteiger partial charge < -0.3 is 15.6 Å². The summed E-state index contributed by atoms with van der Waals surface area (Å²) in [5.41, 5.74) is 6.91. The molecule has 0 spiro atoms. The number of hydrogen-bond donors (Lipinski definition) is 2. The van der Waals surface area contributed by atoms with Gasteiger partial charge in [-0.3, -0.25) is 0 Å².